The SMILES string of the molecule is CCOc1ccc(C(=O)C(C)Sc2nnc(C)n2C)cc1. The standard InChI is InChI=1S/C15H19N3O2S/c1-5-20-13-8-6-12(7-9-13)14(19)10(2)21-15-17-16-11(3)18(15)4/h6-10H,5H2,1-4H3. The summed E-state index contributed by atoms with van der Waals surface area (Å²) < 4.78 is 7.26. The van der Waals surface area contributed by atoms with Crippen molar-refractivity contribution in [2.75, 3.05) is 6.61 Å². The smallest absolute Gasteiger partial charge is 0.191 e. The second-order valence-corrected chi connectivity index (χ2v) is 5.98. The molecule has 0 saturated carbocycles. The lowest BCUT2D eigenvalue weighted by Crippen LogP contribution is -2.14. The number of carbonyl (C=O) groups is 1. The van der Waals surface area contributed by atoms with Gasteiger partial charge < -0.3 is 9.30 Å². The Labute approximate surface area is 128 Å². The van der Waals surface area contributed by atoms with Crippen LogP contribution in [0, 0.1) is 6.92 Å². The summed E-state index contributed by atoms with van der Waals surface area (Å²) in [6.45, 7) is 6.31. The van der Waals surface area contributed by atoms with Gasteiger partial charge in [-0.2, -0.15) is 0 Å². The van der Waals surface area contributed by atoms with Gasteiger partial charge in [0.05, 0.1) is 11.9 Å². The number of ketones is 1. The fraction of sp³-hybridized carbons (Fsp3) is 0.400. The van der Waals surface area contributed by atoms with Crippen LogP contribution in [-0.4, -0.2) is 32.4 Å². The van der Waals surface area contributed by atoms with Gasteiger partial charge in [-0.25, -0.2) is 0 Å². The van der Waals surface area contributed by atoms with Crippen LogP contribution < -0.4 is 4.74 Å². The fourth-order valence-corrected chi connectivity index (χ4v) is 2.76. The maximum atomic E-state index is 12.4. The molecule has 6 heteroatoms. The normalized spacial score (nSPS) is 12.2. The van der Waals surface area contributed by atoms with Crippen LogP contribution in [0.15, 0.2) is 29.4 Å². The Morgan fingerprint density at radius 3 is 2.52 bits per heavy atom. The molecule has 0 aliphatic rings. The van der Waals surface area contributed by atoms with E-state index >= 15 is 0 Å². The molecule has 0 aliphatic heterocycles. The van der Waals surface area contributed by atoms with Crippen LogP contribution >= 0.6 is 11.8 Å². The summed E-state index contributed by atoms with van der Waals surface area (Å²) in [5.74, 6) is 1.68. The van der Waals surface area contributed by atoms with E-state index in [1.54, 1.807) is 12.1 Å². The van der Waals surface area contributed by atoms with Crippen LogP contribution in [0.1, 0.15) is 30.0 Å². The molecule has 0 aliphatic carbocycles. The van der Waals surface area contributed by atoms with Crippen LogP contribution in [-0.2, 0) is 7.05 Å². The molecule has 1 unspecified atom stereocenters. The molecule has 0 saturated heterocycles. The molecule has 1 atom stereocenters. The average molecular weight is 305 g/mol. The molecule has 0 amide bonds. The number of thioether (sulfide) groups is 1. The number of aryl methyl sites for hydroxylation is 1. The highest BCUT2D eigenvalue weighted by Gasteiger charge is 2.19. The molecule has 1 heterocycles. The van der Waals surface area contributed by atoms with Gasteiger partial charge in [-0.1, -0.05) is 11.8 Å². The van der Waals surface area contributed by atoms with Crippen LogP contribution in [0.3, 0.4) is 0 Å². The predicted molar refractivity (Wildman–Crippen MR) is 83.0 cm³/mol. The number of Topliss-reactive ketones (excluding diaryl/α,β-unsaturated/α-hetero) is 1. The zero-order valence-corrected chi connectivity index (χ0v) is 13.5. The van der Waals surface area contributed by atoms with Crippen molar-refractivity contribution in [3.8, 4) is 5.75 Å². The Morgan fingerprint density at radius 1 is 1.33 bits per heavy atom. The highest BCUT2D eigenvalue weighted by Crippen LogP contribution is 2.24. The molecule has 0 bridgehead atoms. The Balaban J connectivity index is 2.06. The maximum Gasteiger partial charge on any atom is 0.191 e. The summed E-state index contributed by atoms with van der Waals surface area (Å²) in [6, 6.07) is 7.24. The van der Waals surface area contributed by atoms with Crippen molar-refractivity contribution in [3.05, 3.63) is 35.7 Å². The van der Waals surface area contributed by atoms with Gasteiger partial charge >= 0.3 is 0 Å². The summed E-state index contributed by atoms with van der Waals surface area (Å²) >= 11 is 1.42. The second-order valence-electron chi connectivity index (χ2n) is 4.67. The third-order valence-electron chi connectivity index (χ3n) is 3.15. The van der Waals surface area contributed by atoms with E-state index in [0.717, 1.165) is 16.7 Å². The van der Waals surface area contributed by atoms with Crippen molar-refractivity contribution < 1.29 is 9.53 Å². The Kier molecular flexibility index (Phi) is 5.01. The first kappa shape index (κ1) is 15.6. The van der Waals surface area contributed by atoms with Gasteiger partial charge in [-0.15, -0.1) is 10.2 Å². The topological polar surface area (TPSA) is 57.0 Å². The van der Waals surface area contributed by atoms with E-state index in [4.69, 9.17) is 4.74 Å². The summed E-state index contributed by atoms with van der Waals surface area (Å²) in [5.41, 5.74) is 0.678. The van der Waals surface area contributed by atoms with E-state index < -0.39 is 0 Å². The molecule has 5 nitrogen and oxygen atoms in total. The summed E-state index contributed by atoms with van der Waals surface area (Å²) in [4.78, 5) is 12.4. The number of benzene rings is 1. The quantitative estimate of drug-likeness (QED) is 0.607. The Morgan fingerprint density at radius 2 is 2.00 bits per heavy atom. The van der Waals surface area contributed by atoms with E-state index in [9.17, 15) is 4.79 Å². The van der Waals surface area contributed by atoms with E-state index in [0.29, 0.717) is 12.2 Å². The van der Waals surface area contributed by atoms with Crippen molar-refractivity contribution in [2.24, 2.45) is 7.05 Å². The molecule has 1 aromatic heterocycles. The Bertz CT molecular complexity index is 622. The van der Waals surface area contributed by atoms with E-state index in [-0.39, 0.29) is 11.0 Å². The molecule has 2 rings (SSSR count). The Hall–Kier alpha value is -1.82. The lowest BCUT2D eigenvalue weighted by atomic mass is 10.1. The highest BCUT2D eigenvalue weighted by atomic mass is 32.2. The number of hydrogen-bond acceptors (Lipinski definition) is 5. The van der Waals surface area contributed by atoms with Gasteiger partial charge in [0.15, 0.2) is 10.9 Å². The average Bonchev–Trinajstić information content (AvgIpc) is 2.79. The first-order valence-corrected chi connectivity index (χ1v) is 7.70. The number of carbonyl (C=O) groups excluding carboxylic acids is 1. The lowest BCUT2D eigenvalue weighted by molar-refractivity contribution is 0.0994. The van der Waals surface area contributed by atoms with Crippen molar-refractivity contribution in [1.29, 1.82) is 0 Å². The lowest BCUT2D eigenvalue weighted by Gasteiger charge is -2.10. The van der Waals surface area contributed by atoms with E-state index in [1.165, 1.54) is 11.8 Å². The number of nitrogens with zero attached hydrogens (tertiary/aromatic N) is 3. The highest BCUT2D eigenvalue weighted by molar-refractivity contribution is 8.00. The second kappa shape index (κ2) is 6.76. The summed E-state index contributed by atoms with van der Waals surface area (Å²) in [6.07, 6.45) is 0. The number of rotatable bonds is 6. The molecule has 21 heavy (non-hydrogen) atoms. The number of ether oxygens (including phenoxy) is 1. The molecule has 0 radical (unpaired) electrons. The third kappa shape index (κ3) is 3.64. The van der Waals surface area contributed by atoms with Gasteiger partial charge in [0.25, 0.3) is 0 Å². The number of aromatic nitrogens is 3. The van der Waals surface area contributed by atoms with Crippen molar-refractivity contribution >= 4 is 17.5 Å². The number of hydrogen-bond donors (Lipinski definition) is 0. The van der Waals surface area contributed by atoms with Gasteiger partial charge in [0, 0.05) is 12.6 Å². The van der Waals surface area contributed by atoms with Crippen molar-refractivity contribution in [2.45, 2.75) is 31.2 Å². The van der Waals surface area contributed by atoms with Crippen LogP contribution in [0.5, 0.6) is 5.75 Å². The van der Waals surface area contributed by atoms with Crippen LogP contribution in [0.2, 0.25) is 0 Å². The van der Waals surface area contributed by atoms with Gasteiger partial charge in [-0.3, -0.25) is 4.79 Å². The van der Waals surface area contributed by atoms with Gasteiger partial charge in [0.2, 0.25) is 0 Å². The third-order valence-corrected chi connectivity index (χ3v) is 4.29. The maximum absolute atomic E-state index is 12.4. The van der Waals surface area contributed by atoms with E-state index in [1.807, 2.05) is 44.5 Å². The molecule has 1 aromatic carbocycles. The van der Waals surface area contributed by atoms with E-state index in [2.05, 4.69) is 10.2 Å². The molecular weight excluding hydrogens is 286 g/mol. The molecule has 0 spiro atoms. The summed E-state index contributed by atoms with van der Waals surface area (Å²) in [5, 5.41) is 8.60. The van der Waals surface area contributed by atoms with Crippen LogP contribution in [0.25, 0.3) is 0 Å². The molecule has 0 fully saturated rings. The molecule has 0 N–H and O–H groups in total. The zero-order chi connectivity index (χ0) is 15.4. The molecule has 112 valence electrons. The van der Waals surface area contributed by atoms with Crippen molar-refractivity contribution in [3.63, 3.8) is 0 Å². The minimum atomic E-state index is -0.217. The first-order valence-electron chi connectivity index (χ1n) is 6.82. The van der Waals surface area contributed by atoms with Gasteiger partial charge in [-0.05, 0) is 45.0 Å². The van der Waals surface area contributed by atoms with Crippen molar-refractivity contribution in [1.82, 2.24) is 14.8 Å². The summed E-state index contributed by atoms with van der Waals surface area (Å²) in [7, 11) is 1.89. The minimum absolute atomic E-state index is 0.0729. The largest absolute Gasteiger partial charge is 0.494 e. The minimum Gasteiger partial charge on any atom is -0.494 e. The molecular formula is C15H19N3O2S. The van der Waals surface area contributed by atoms with Gasteiger partial charge in [0.1, 0.15) is 11.6 Å². The molecule has 2 aromatic rings. The van der Waals surface area contributed by atoms with Crippen LogP contribution in [0.4, 0.5) is 0 Å². The first-order chi connectivity index (χ1) is 10.0. The zero-order valence-electron chi connectivity index (χ0n) is 12.7. The predicted octanol–water partition coefficient (Wildman–Crippen LogP) is 2.89. The monoisotopic (exact) mass is 305 g/mol. The fourth-order valence-electron chi connectivity index (χ4n) is 1.82.